The largest absolute Gasteiger partial charge is 0.481 e. The van der Waals surface area contributed by atoms with Gasteiger partial charge in [0.05, 0.1) is 6.42 Å². The second-order valence-corrected chi connectivity index (χ2v) is 7.44. The summed E-state index contributed by atoms with van der Waals surface area (Å²) < 4.78 is 0. The third kappa shape index (κ3) is 5.81. The van der Waals surface area contributed by atoms with Gasteiger partial charge < -0.3 is 10.0 Å². The average Bonchev–Trinajstić information content (AvgIpc) is 2.25. The van der Waals surface area contributed by atoms with Crippen molar-refractivity contribution in [3.63, 3.8) is 0 Å². The first-order chi connectivity index (χ1) is 9.19. The van der Waals surface area contributed by atoms with E-state index < -0.39 is 17.3 Å². The molecule has 1 heterocycles. The van der Waals surface area contributed by atoms with Gasteiger partial charge >= 0.3 is 12.0 Å². The summed E-state index contributed by atoms with van der Waals surface area (Å²) in [5.41, 5.74) is -0.665. The molecule has 0 radical (unpaired) electrons. The van der Waals surface area contributed by atoms with Crippen LogP contribution in [0, 0.1) is 5.41 Å². The summed E-state index contributed by atoms with van der Waals surface area (Å²) in [5, 5.41) is 11.5. The van der Waals surface area contributed by atoms with Gasteiger partial charge in [0, 0.05) is 30.5 Å². The summed E-state index contributed by atoms with van der Waals surface area (Å²) in [4.78, 5) is 36.1. The summed E-state index contributed by atoms with van der Waals surface area (Å²) in [5.74, 6) is -0.504. The molecule has 1 unspecified atom stereocenters. The molecule has 6 nitrogen and oxygen atoms in total. The van der Waals surface area contributed by atoms with Crippen LogP contribution < -0.4 is 5.32 Å². The lowest BCUT2D eigenvalue weighted by Gasteiger charge is -2.30. The molecule has 114 valence electrons. The first-order valence-electron chi connectivity index (χ1n) is 6.62. The zero-order valence-corrected chi connectivity index (χ0v) is 13.0. The minimum atomic E-state index is -0.948. The highest BCUT2D eigenvalue weighted by atomic mass is 32.2. The maximum atomic E-state index is 11.9. The molecule has 1 aliphatic rings. The lowest BCUT2D eigenvalue weighted by atomic mass is 9.85. The molecule has 0 aromatic rings. The van der Waals surface area contributed by atoms with Gasteiger partial charge in [-0.25, -0.2) is 4.79 Å². The summed E-state index contributed by atoms with van der Waals surface area (Å²) in [6, 6.07) is -0.381. The van der Waals surface area contributed by atoms with Crippen molar-refractivity contribution in [3.8, 4) is 0 Å². The Balaban J connectivity index is 2.45. The Labute approximate surface area is 123 Å². The lowest BCUT2D eigenvalue weighted by molar-refractivity contribution is -0.139. The van der Waals surface area contributed by atoms with Gasteiger partial charge in [0.15, 0.2) is 0 Å². The van der Waals surface area contributed by atoms with Crippen molar-refractivity contribution < 1.29 is 19.5 Å². The monoisotopic (exact) mass is 302 g/mol. The second-order valence-electron chi connectivity index (χ2n) is 5.89. The Morgan fingerprint density at radius 3 is 2.55 bits per heavy atom. The molecule has 0 aliphatic carbocycles. The Morgan fingerprint density at radius 2 is 2.00 bits per heavy atom. The minimum absolute atomic E-state index is 0.0170. The molecule has 0 spiro atoms. The van der Waals surface area contributed by atoms with Gasteiger partial charge in [0.2, 0.25) is 5.91 Å². The van der Waals surface area contributed by atoms with Crippen LogP contribution in [0.4, 0.5) is 4.79 Å². The standard InChI is InChI=1S/C13H22N2O4S/c1-9-8-15(4-5-20-9)12(19)14-10(16)6-13(2,3)7-11(17)18/h9H,4-8H2,1-3H3,(H,17,18)(H,14,16,19). The van der Waals surface area contributed by atoms with E-state index in [9.17, 15) is 14.4 Å². The molecule has 1 rings (SSSR count). The van der Waals surface area contributed by atoms with E-state index in [1.165, 1.54) is 0 Å². The van der Waals surface area contributed by atoms with Gasteiger partial charge in [-0.05, 0) is 5.41 Å². The predicted molar refractivity (Wildman–Crippen MR) is 77.7 cm³/mol. The lowest BCUT2D eigenvalue weighted by Crippen LogP contribution is -2.48. The van der Waals surface area contributed by atoms with Crippen LogP contribution in [0.25, 0.3) is 0 Å². The first-order valence-corrected chi connectivity index (χ1v) is 7.66. The van der Waals surface area contributed by atoms with Crippen LogP contribution in [0.2, 0.25) is 0 Å². The van der Waals surface area contributed by atoms with Gasteiger partial charge in [0.25, 0.3) is 0 Å². The fourth-order valence-corrected chi connectivity index (χ4v) is 3.17. The SMILES string of the molecule is CC1CN(C(=O)NC(=O)CC(C)(C)CC(=O)O)CCS1. The van der Waals surface area contributed by atoms with Crippen molar-refractivity contribution >= 4 is 29.7 Å². The highest BCUT2D eigenvalue weighted by Crippen LogP contribution is 2.24. The van der Waals surface area contributed by atoms with Gasteiger partial charge in [-0.2, -0.15) is 11.8 Å². The molecule has 0 aromatic heterocycles. The third-order valence-electron chi connectivity index (χ3n) is 3.04. The van der Waals surface area contributed by atoms with Crippen LogP contribution >= 0.6 is 11.8 Å². The van der Waals surface area contributed by atoms with E-state index in [1.54, 1.807) is 30.5 Å². The van der Waals surface area contributed by atoms with Crippen molar-refractivity contribution in [2.75, 3.05) is 18.8 Å². The predicted octanol–water partition coefficient (Wildman–Crippen LogP) is 1.55. The fraction of sp³-hybridized carbons (Fsp3) is 0.769. The summed E-state index contributed by atoms with van der Waals surface area (Å²) >= 11 is 1.80. The number of carbonyl (C=O) groups is 3. The van der Waals surface area contributed by atoms with Crippen LogP contribution in [0.3, 0.4) is 0 Å². The number of amides is 3. The summed E-state index contributed by atoms with van der Waals surface area (Å²) in [6.07, 6.45) is -0.0881. The zero-order chi connectivity index (χ0) is 15.3. The molecule has 0 saturated carbocycles. The Bertz CT molecular complexity index is 398. The Hall–Kier alpha value is -1.24. The van der Waals surface area contributed by atoms with Crippen LogP contribution in [-0.2, 0) is 9.59 Å². The van der Waals surface area contributed by atoms with Crippen LogP contribution in [0.15, 0.2) is 0 Å². The highest BCUT2D eigenvalue weighted by Gasteiger charge is 2.28. The van der Waals surface area contributed by atoms with Crippen LogP contribution in [0.1, 0.15) is 33.6 Å². The maximum absolute atomic E-state index is 11.9. The number of hydrogen-bond donors (Lipinski definition) is 2. The summed E-state index contributed by atoms with van der Waals surface area (Å²) in [7, 11) is 0. The molecule has 0 aromatic carbocycles. The van der Waals surface area contributed by atoms with Gasteiger partial charge in [0.1, 0.15) is 0 Å². The van der Waals surface area contributed by atoms with Crippen molar-refractivity contribution in [2.24, 2.45) is 5.41 Å². The number of nitrogens with one attached hydrogen (secondary N) is 1. The number of carboxylic acids is 1. The van der Waals surface area contributed by atoms with Crippen molar-refractivity contribution in [1.29, 1.82) is 0 Å². The van der Waals surface area contributed by atoms with E-state index in [2.05, 4.69) is 5.32 Å². The smallest absolute Gasteiger partial charge is 0.324 e. The van der Waals surface area contributed by atoms with E-state index in [-0.39, 0.29) is 18.9 Å². The number of nitrogens with zero attached hydrogens (tertiary/aromatic N) is 1. The van der Waals surface area contributed by atoms with Gasteiger partial charge in [-0.3, -0.25) is 14.9 Å². The molecular formula is C13H22N2O4S. The van der Waals surface area contributed by atoms with Crippen molar-refractivity contribution in [3.05, 3.63) is 0 Å². The summed E-state index contributed by atoms with van der Waals surface area (Å²) in [6.45, 7) is 6.70. The average molecular weight is 302 g/mol. The number of carbonyl (C=O) groups excluding carboxylic acids is 2. The van der Waals surface area contributed by atoms with E-state index in [1.807, 2.05) is 6.92 Å². The topological polar surface area (TPSA) is 86.7 Å². The zero-order valence-electron chi connectivity index (χ0n) is 12.1. The number of aliphatic carboxylic acids is 1. The van der Waals surface area contributed by atoms with E-state index in [0.717, 1.165) is 5.75 Å². The maximum Gasteiger partial charge on any atom is 0.324 e. The third-order valence-corrected chi connectivity index (χ3v) is 4.18. The number of hydrogen-bond acceptors (Lipinski definition) is 4. The van der Waals surface area contributed by atoms with Crippen molar-refractivity contribution in [1.82, 2.24) is 10.2 Å². The number of rotatable bonds is 4. The van der Waals surface area contributed by atoms with Gasteiger partial charge in [-0.1, -0.05) is 20.8 Å². The molecule has 1 fully saturated rings. The second kappa shape index (κ2) is 6.97. The quantitative estimate of drug-likeness (QED) is 0.823. The fourth-order valence-electron chi connectivity index (χ4n) is 2.15. The highest BCUT2D eigenvalue weighted by molar-refractivity contribution is 7.99. The molecule has 20 heavy (non-hydrogen) atoms. The number of thioether (sulfide) groups is 1. The van der Waals surface area contributed by atoms with Gasteiger partial charge in [-0.15, -0.1) is 0 Å². The van der Waals surface area contributed by atoms with E-state index >= 15 is 0 Å². The van der Waals surface area contributed by atoms with Crippen LogP contribution in [0.5, 0.6) is 0 Å². The molecule has 7 heteroatoms. The van der Waals surface area contributed by atoms with Crippen LogP contribution in [-0.4, -0.2) is 52.0 Å². The Kier molecular flexibility index (Phi) is 5.86. The molecule has 1 saturated heterocycles. The van der Waals surface area contributed by atoms with Crippen molar-refractivity contribution in [2.45, 2.75) is 38.9 Å². The molecule has 3 amide bonds. The number of carboxylic acid groups (broad SMARTS) is 1. The minimum Gasteiger partial charge on any atom is -0.481 e. The molecule has 0 bridgehead atoms. The molecule has 1 atom stereocenters. The molecular weight excluding hydrogens is 280 g/mol. The number of imide groups is 1. The molecule has 2 N–H and O–H groups in total. The Morgan fingerprint density at radius 1 is 1.35 bits per heavy atom. The van der Waals surface area contributed by atoms with E-state index in [4.69, 9.17) is 5.11 Å². The first kappa shape index (κ1) is 16.8. The number of urea groups is 1. The van der Waals surface area contributed by atoms with E-state index in [0.29, 0.717) is 18.3 Å². The molecule has 1 aliphatic heterocycles. The normalized spacial score (nSPS) is 19.6.